The van der Waals surface area contributed by atoms with Crippen molar-refractivity contribution >= 4 is 89.8 Å². The van der Waals surface area contributed by atoms with E-state index in [1.54, 1.807) is 45.2 Å². The van der Waals surface area contributed by atoms with Crippen molar-refractivity contribution in [2.24, 2.45) is 0 Å². The summed E-state index contributed by atoms with van der Waals surface area (Å²) >= 11 is 4.95. The molecule has 0 amide bonds. The Morgan fingerprint density at radius 3 is 2.12 bits per heavy atom. The molecule has 8 nitrogen and oxygen atoms in total. The van der Waals surface area contributed by atoms with E-state index in [1.807, 2.05) is 0 Å². The molecule has 1 unspecified atom stereocenters. The standard InChI is InChI=1S/C16H12F5I3O8S/c1-6(2)12(25)31-4-3-30-11-9(23)7(5-8(22)10(11)24)13(26)32-14(15(17,18)19)16(20,21)33(27,28)29/h5,14H,1,3-4H2,2H3,(H,27,28,29). The molecule has 1 atom stereocenters. The molecule has 33 heavy (non-hydrogen) atoms. The molecule has 0 saturated heterocycles. The van der Waals surface area contributed by atoms with Gasteiger partial charge in [0.05, 0.1) is 12.7 Å². The Labute approximate surface area is 224 Å². The molecule has 0 saturated carbocycles. The number of carbonyl (C=O) groups excluding carboxylic acids is 2. The monoisotopic (exact) mass is 840 g/mol. The van der Waals surface area contributed by atoms with E-state index < -0.39 is 45.2 Å². The average Bonchev–Trinajstić information content (AvgIpc) is 2.65. The summed E-state index contributed by atoms with van der Waals surface area (Å²) in [5, 5.41) is -5.87. The van der Waals surface area contributed by atoms with Gasteiger partial charge in [-0.3, -0.25) is 4.55 Å². The van der Waals surface area contributed by atoms with Crippen LogP contribution in [0.25, 0.3) is 0 Å². The van der Waals surface area contributed by atoms with Crippen LogP contribution in [0.5, 0.6) is 5.75 Å². The van der Waals surface area contributed by atoms with Crippen molar-refractivity contribution < 1.29 is 58.7 Å². The van der Waals surface area contributed by atoms with Gasteiger partial charge in [0.15, 0.2) is 0 Å². The fourth-order valence-corrected chi connectivity index (χ4v) is 4.80. The van der Waals surface area contributed by atoms with Gasteiger partial charge in [0.25, 0.3) is 6.10 Å². The van der Waals surface area contributed by atoms with E-state index in [2.05, 4.69) is 11.3 Å². The number of halogens is 8. The molecule has 0 heterocycles. The fraction of sp³-hybridized carbons (Fsp3) is 0.375. The first-order valence-corrected chi connectivity index (χ1v) is 12.8. The number of esters is 2. The lowest BCUT2D eigenvalue weighted by atomic mass is 10.2. The van der Waals surface area contributed by atoms with Gasteiger partial charge in [-0.2, -0.15) is 30.4 Å². The lowest BCUT2D eigenvalue weighted by molar-refractivity contribution is -0.248. The van der Waals surface area contributed by atoms with Crippen LogP contribution < -0.4 is 4.74 Å². The van der Waals surface area contributed by atoms with Crippen LogP contribution in [0, 0.1) is 10.7 Å². The molecule has 0 radical (unpaired) electrons. The molecule has 0 spiro atoms. The van der Waals surface area contributed by atoms with E-state index >= 15 is 0 Å². The molecule has 1 rings (SSSR count). The number of benzene rings is 1. The highest BCUT2D eigenvalue weighted by atomic mass is 127. The lowest BCUT2D eigenvalue weighted by Gasteiger charge is -2.26. The van der Waals surface area contributed by atoms with E-state index in [0.717, 1.165) is 6.07 Å². The summed E-state index contributed by atoms with van der Waals surface area (Å²) < 4.78 is 111. The zero-order valence-corrected chi connectivity index (χ0v) is 23.3. The van der Waals surface area contributed by atoms with Crippen LogP contribution in [-0.4, -0.2) is 55.7 Å². The van der Waals surface area contributed by atoms with Gasteiger partial charge in [0, 0.05) is 9.14 Å². The third kappa shape index (κ3) is 7.72. The molecule has 0 aliphatic rings. The second-order valence-corrected chi connectivity index (χ2v) is 10.8. The highest BCUT2D eigenvalue weighted by Crippen LogP contribution is 2.40. The molecule has 0 aliphatic heterocycles. The minimum absolute atomic E-state index is 0.0495. The summed E-state index contributed by atoms with van der Waals surface area (Å²) in [5.41, 5.74) is -0.519. The van der Waals surface area contributed by atoms with Crippen molar-refractivity contribution in [1.29, 1.82) is 0 Å². The largest absolute Gasteiger partial charge is 0.488 e. The number of alkyl halides is 5. The van der Waals surface area contributed by atoms with Crippen molar-refractivity contribution in [2.75, 3.05) is 13.2 Å². The Morgan fingerprint density at radius 1 is 1.12 bits per heavy atom. The fourth-order valence-electron chi connectivity index (χ4n) is 1.89. The van der Waals surface area contributed by atoms with E-state index in [9.17, 15) is 40.0 Å². The number of hydrogen-bond acceptors (Lipinski definition) is 7. The highest BCUT2D eigenvalue weighted by molar-refractivity contribution is 14.1. The molecule has 186 valence electrons. The minimum Gasteiger partial charge on any atom is -0.488 e. The van der Waals surface area contributed by atoms with E-state index in [-0.39, 0.29) is 31.7 Å². The first kappa shape index (κ1) is 30.5. The van der Waals surface area contributed by atoms with Gasteiger partial charge in [-0.25, -0.2) is 9.59 Å². The topological polar surface area (TPSA) is 116 Å². The van der Waals surface area contributed by atoms with E-state index in [0.29, 0.717) is 3.57 Å². The number of rotatable bonds is 9. The first-order chi connectivity index (χ1) is 14.8. The molecular weight excluding hydrogens is 828 g/mol. The number of ether oxygens (including phenoxy) is 3. The van der Waals surface area contributed by atoms with Crippen molar-refractivity contribution in [2.45, 2.75) is 24.5 Å². The second-order valence-electron chi connectivity index (χ2n) is 5.99. The predicted octanol–water partition coefficient (Wildman–Crippen LogP) is 4.57. The number of hydrogen-bond donors (Lipinski definition) is 1. The third-order valence-corrected chi connectivity index (χ3v) is 8.35. The Kier molecular flexibility index (Phi) is 10.6. The summed E-state index contributed by atoms with van der Waals surface area (Å²) in [6.07, 6.45) is -10.5. The molecule has 0 aliphatic carbocycles. The highest BCUT2D eigenvalue weighted by Gasteiger charge is 2.66. The van der Waals surface area contributed by atoms with Crippen molar-refractivity contribution in [1.82, 2.24) is 0 Å². The summed E-state index contributed by atoms with van der Waals surface area (Å²) in [6, 6.07) is 1.01. The molecule has 17 heteroatoms. The molecule has 0 fully saturated rings. The number of carbonyl (C=O) groups is 2. The van der Waals surface area contributed by atoms with Gasteiger partial charge >= 0.3 is 33.5 Å². The van der Waals surface area contributed by atoms with Gasteiger partial charge < -0.3 is 14.2 Å². The normalized spacial score (nSPS) is 13.3. The van der Waals surface area contributed by atoms with Gasteiger partial charge in [-0.1, -0.05) is 6.58 Å². The van der Waals surface area contributed by atoms with Crippen LogP contribution in [-0.2, 0) is 24.4 Å². The Hall–Kier alpha value is -0.550. The Bertz CT molecular complexity index is 1060. The van der Waals surface area contributed by atoms with Crippen molar-refractivity contribution in [3.63, 3.8) is 0 Å². The summed E-state index contributed by atoms with van der Waals surface area (Å²) in [7, 11) is -6.58. The van der Waals surface area contributed by atoms with E-state index in [1.165, 1.54) is 29.5 Å². The second kappa shape index (κ2) is 11.5. The zero-order chi connectivity index (χ0) is 25.9. The van der Waals surface area contributed by atoms with Crippen molar-refractivity contribution in [3.8, 4) is 5.75 Å². The third-order valence-electron chi connectivity index (χ3n) is 3.42. The molecule has 1 aromatic rings. The predicted molar refractivity (Wildman–Crippen MR) is 128 cm³/mol. The van der Waals surface area contributed by atoms with Gasteiger partial charge in [0.1, 0.15) is 19.0 Å². The van der Waals surface area contributed by atoms with Crippen molar-refractivity contribution in [3.05, 3.63) is 34.5 Å². The van der Waals surface area contributed by atoms with Crippen LogP contribution in [0.3, 0.4) is 0 Å². The smallest absolute Gasteiger partial charge is 0.432 e. The van der Waals surface area contributed by atoms with Crippen LogP contribution in [0.2, 0.25) is 0 Å². The van der Waals surface area contributed by atoms with Crippen LogP contribution in [0.4, 0.5) is 22.0 Å². The average molecular weight is 840 g/mol. The summed E-state index contributed by atoms with van der Waals surface area (Å²) in [5.74, 6) is -2.70. The Morgan fingerprint density at radius 2 is 1.67 bits per heavy atom. The lowest BCUT2D eigenvalue weighted by Crippen LogP contribution is -2.52. The SMILES string of the molecule is C=C(C)C(=O)OCCOc1c(I)c(I)cc(C(=O)OC(C(F)(F)F)C(F)(F)S(=O)(=O)O)c1I. The van der Waals surface area contributed by atoms with Crippen LogP contribution in [0.15, 0.2) is 18.2 Å². The molecule has 0 bridgehead atoms. The maximum Gasteiger partial charge on any atom is 0.432 e. The molecule has 0 aromatic heterocycles. The first-order valence-electron chi connectivity index (χ1n) is 8.07. The van der Waals surface area contributed by atoms with Gasteiger partial charge in [-0.05, 0) is 80.8 Å². The molecular formula is C16H12F5I3O8S. The summed E-state index contributed by atoms with van der Waals surface area (Å²) in [6.45, 7) is 4.29. The van der Waals surface area contributed by atoms with Gasteiger partial charge in [0.2, 0.25) is 0 Å². The van der Waals surface area contributed by atoms with Crippen LogP contribution >= 0.6 is 67.8 Å². The van der Waals surface area contributed by atoms with Gasteiger partial charge in [-0.15, -0.1) is 0 Å². The maximum atomic E-state index is 13.7. The zero-order valence-electron chi connectivity index (χ0n) is 16.0. The minimum atomic E-state index is -6.58. The maximum absolute atomic E-state index is 13.7. The Balaban J connectivity index is 3.26. The molecule has 1 N–H and O–H groups in total. The summed E-state index contributed by atoms with van der Waals surface area (Å²) in [4.78, 5) is 23.7. The molecule has 1 aromatic carbocycles. The quantitative estimate of drug-likeness (QED) is 0.0733. The van der Waals surface area contributed by atoms with E-state index in [4.69, 9.17) is 14.0 Å². The van der Waals surface area contributed by atoms with Crippen LogP contribution in [0.1, 0.15) is 17.3 Å².